The van der Waals surface area contributed by atoms with Crippen LogP contribution < -0.4 is 5.32 Å². The molecule has 0 saturated carbocycles. The van der Waals surface area contributed by atoms with Crippen LogP contribution in [0.5, 0.6) is 0 Å². The lowest BCUT2D eigenvalue weighted by Gasteiger charge is -2.07. The third-order valence-corrected chi connectivity index (χ3v) is 5.15. The maximum Gasteiger partial charge on any atom is 0.269 e. The maximum atomic E-state index is 12.1. The van der Waals surface area contributed by atoms with Crippen molar-refractivity contribution in [1.29, 1.82) is 0 Å². The Morgan fingerprint density at radius 2 is 1.89 bits per heavy atom. The number of nitrogens with one attached hydrogen (secondary N) is 1. The van der Waals surface area contributed by atoms with Gasteiger partial charge in [-0.25, -0.2) is 0 Å². The van der Waals surface area contributed by atoms with E-state index in [-0.39, 0.29) is 17.3 Å². The van der Waals surface area contributed by atoms with Crippen LogP contribution in [0.2, 0.25) is 5.02 Å². The van der Waals surface area contributed by atoms with Gasteiger partial charge in [-0.15, -0.1) is 10.2 Å². The number of carbonyl (C=O) groups excluding carboxylic acids is 1. The molecule has 2 aromatic carbocycles. The van der Waals surface area contributed by atoms with Crippen LogP contribution in [0.1, 0.15) is 5.56 Å². The molecular formula is C19H15ClN4O3S. The molecule has 28 heavy (non-hydrogen) atoms. The number of hydrogen-bond acceptors (Lipinski definition) is 6. The zero-order valence-electron chi connectivity index (χ0n) is 14.8. The van der Waals surface area contributed by atoms with Crippen molar-refractivity contribution in [2.24, 2.45) is 0 Å². The molecular weight excluding hydrogens is 400 g/mol. The molecule has 3 aromatic rings. The molecule has 0 atom stereocenters. The molecule has 0 saturated heterocycles. The van der Waals surface area contributed by atoms with Crippen molar-refractivity contribution >= 4 is 40.6 Å². The molecule has 0 unspecified atom stereocenters. The number of aryl methyl sites for hydroxylation is 1. The Bertz CT molecular complexity index is 1010. The molecule has 0 aliphatic heterocycles. The topological polar surface area (TPSA) is 98.0 Å². The third-order valence-electron chi connectivity index (χ3n) is 3.82. The molecule has 0 aliphatic carbocycles. The molecule has 1 amide bonds. The summed E-state index contributed by atoms with van der Waals surface area (Å²) in [5.74, 6) is 0.00279. The molecule has 142 valence electrons. The number of hydrogen-bond donors (Lipinski definition) is 1. The quantitative estimate of drug-likeness (QED) is 0.355. The van der Waals surface area contributed by atoms with Crippen LogP contribution in [0.4, 0.5) is 11.4 Å². The van der Waals surface area contributed by atoms with Crippen molar-refractivity contribution in [3.8, 4) is 11.3 Å². The van der Waals surface area contributed by atoms with Crippen molar-refractivity contribution in [1.82, 2.24) is 10.2 Å². The Kier molecular flexibility index (Phi) is 6.23. The van der Waals surface area contributed by atoms with E-state index in [1.165, 1.54) is 23.9 Å². The lowest BCUT2D eigenvalue weighted by molar-refractivity contribution is -0.384. The number of rotatable bonds is 6. The van der Waals surface area contributed by atoms with E-state index < -0.39 is 4.92 Å². The van der Waals surface area contributed by atoms with E-state index >= 15 is 0 Å². The summed E-state index contributed by atoms with van der Waals surface area (Å²) < 4.78 is 0. The Morgan fingerprint density at radius 3 is 2.50 bits per heavy atom. The van der Waals surface area contributed by atoms with E-state index in [9.17, 15) is 14.9 Å². The van der Waals surface area contributed by atoms with E-state index in [0.717, 1.165) is 11.1 Å². The number of nitro benzene ring substituents is 1. The number of aromatic nitrogens is 2. The molecule has 9 heteroatoms. The predicted octanol–water partition coefficient (Wildman–Crippen LogP) is 4.74. The first-order chi connectivity index (χ1) is 13.4. The van der Waals surface area contributed by atoms with E-state index in [0.29, 0.717) is 21.4 Å². The van der Waals surface area contributed by atoms with Crippen LogP contribution in [0, 0.1) is 17.0 Å². The van der Waals surface area contributed by atoms with Crippen LogP contribution in [-0.4, -0.2) is 26.8 Å². The first kappa shape index (κ1) is 19.8. The van der Waals surface area contributed by atoms with Gasteiger partial charge in [-0.05, 0) is 48.9 Å². The molecule has 1 heterocycles. The number of non-ortho nitro benzene ring substituents is 1. The Hall–Kier alpha value is -2.97. The van der Waals surface area contributed by atoms with Crippen LogP contribution >= 0.6 is 23.4 Å². The number of carbonyl (C=O) groups is 1. The number of amides is 1. The van der Waals surface area contributed by atoms with Gasteiger partial charge in [-0.3, -0.25) is 14.9 Å². The van der Waals surface area contributed by atoms with Crippen LogP contribution in [0.15, 0.2) is 59.6 Å². The monoisotopic (exact) mass is 414 g/mol. The van der Waals surface area contributed by atoms with Gasteiger partial charge in [-0.1, -0.05) is 29.4 Å². The lowest BCUT2D eigenvalue weighted by atomic mass is 10.1. The highest BCUT2D eigenvalue weighted by atomic mass is 35.5. The van der Waals surface area contributed by atoms with Gasteiger partial charge >= 0.3 is 0 Å². The number of anilines is 1. The SMILES string of the molecule is Cc1ccc(NC(=O)CSc2ccc(-c3ccc([N+](=O)[O-])cc3)nn2)cc1Cl. The summed E-state index contributed by atoms with van der Waals surface area (Å²) in [6.45, 7) is 1.89. The summed E-state index contributed by atoms with van der Waals surface area (Å²) in [4.78, 5) is 22.3. The Labute approximate surface area is 170 Å². The van der Waals surface area contributed by atoms with Gasteiger partial charge in [0.1, 0.15) is 5.03 Å². The highest BCUT2D eigenvalue weighted by Gasteiger charge is 2.09. The fourth-order valence-corrected chi connectivity index (χ4v) is 3.11. The van der Waals surface area contributed by atoms with E-state index in [1.807, 2.05) is 13.0 Å². The zero-order chi connectivity index (χ0) is 20.1. The fourth-order valence-electron chi connectivity index (χ4n) is 2.31. The van der Waals surface area contributed by atoms with Crippen molar-refractivity contribution in [2.45, 2.75) is 11.9 Å². The largest absolute Gasteiger partial charge is 0.325 e. The van der Waals surface area contributed by atoms with Gasteiger partial charge in [0.15, 0.2) is 0 Å². The summed E-state index contributed by atoms with van der Waals surface area (Å²) in [5.41, 5.74) is 2.92. The zero-order valence-corrected chi connectivity index (χ0v) is 16.3. The molecule has 1 aromatic heterocycles. The van der Waals surface area contributed by atoms with Gasteiger partial charge in [-0.2, -0.15) is 0 Å². The van der Waals surface area contributed by atoms with Gasteiger partial charge in [0.25, 0.3) is 5.69 Å². The second kappa shape index (κ2) is 8.81. The van der Waals surface area contributed by atoms with E-state index in [4.69, 9.17) is 11.6 Å². The lowest BCUT2D eigenvalue weighted by Crippen LogP contribution is -2.14. The standard InChI is InChI=1S/C19H15ClN4O3S/c1-12-2-5-14(10-16(12)20)21-18(25)11-28-19-9-8-17(22-23-19)13-3-6-15(7-4-13)24(26)27/h2-10H,11H2,1H3,(H,21,25). The molecule has 3 rings (SSSR count). The number of thioether (sulfide) groups is 1. The summed E-state index contributed by atoms with van der Waals surface area (Å²) >= 11 is 7.31. The van der Waals surface area contributed by atoms with E-state index in [2.05, 4.69) is 15.5 Å². The predicted molar refractivity (Wildman–Crippen MR) is 110 cm³/mol. The van der Waals surface area contributed by atoms with Crippen LogP contribution in [0.25, 0.3) is 11.3 Å². The Balaban J connectivity index is 1.57. The Morgan fingerprint density at radius 1 is 1.14 bits per heavy atom. The minimum Gasteiger partial charge on any atom is -0.325 e. The summed E-state index contributed by atoms with van der Waals surface area (Å²) in [7, 11) is 0. The van der Waals surface area contributed by atoms with E-state index in [1.54, 1.807) is 36.4 Å². The van der Waals surface area contributed by atoms with Gasteiger partial charge in [0.05, 0.1) is 16.4 Å². The summed E-state index contributed by atoms with van der Waals surface area (Å²) in [6, 6.07) is 14.9. The second-order valence-electron chi connectivity index (χ2n) is 5.86. The van der Waals surface area contributed by atoms with Crippen molar-refractivity contribution in [2.75, 3.05) is 11.1 Å². The van der Waals surface area contributed by atoms with Crippen molar-refractivity contribution in [3.05, 3.63) is 75.3 Å². The number of nitrogens with zero attached hydrogens (tertiary/aromatic N) is 3. The highest BCUT2D eigenvalue weighted by Crippen LogP contribution is 2.23. The van der Waals surface area contributed by atoms with Crippen LogP contribution in [0.3, 0.4) is 0 Å². The molecule has 0 radical (unpaired) electrons. The molecule has 0 spiro atoms. The maximum absolute atomic E-state index is 12.1. The van der Waals surface area contributed by atoms with Crippen molar-refractivity contribution < 1.29 is 9.72 Å². The van der Waals surface area contributed by atoms with Gasteiger partial charge in [0, 0.05) is 28.4 Å². The molecule has 1 N–H and O–H groups in total. The average molecular weight is 415 g/mol. The minimum atomic E-state index is -0.454. The van der Waals surface area contributed by atoms with Gasteiger partial charge in [0.2, 0.25) is 5.91 Å². The minimum absolute atomic E-state index is 0.0183. The van der Waals surface area contributed by atoms with Gasteiger partial charge < -0.3 is 5.32 Å². The molecule has 0 aliphatic rings. The highest BCUT2D eigenvalue weighted by molar-refractivity contribution is 7.99. The smallest absolute Gasteiger partial charge is 0.269 e. The summed E-state index contributed by atoms with van der Waals surface area (Å²) in [6.07, 6.45) is 0. The number of benzene rings is 2. The van der Waals surface area contributed by atoms with Crippen LogP contribution in [-0.2, 0) is 4.79 Å². The van der Waals surface area contributed by atoms with Crippen molar-refractivity contribution in [3.63, 3.8) is 0 Å². The first-order valence-electron chi connectivity index (χ1n) is 8.20. The average Bonchev–Trinajstić information content (AvgIpc) is 2.70. The summed E-state index contributed by atoms with van der Waals surface area (Å²) in [5, 5.41) is 22.9. The number of halogens is 1. The molecule has 0 bridgehead atoms. The third kappa shape index (κ3) is 5.05. The number of nitro groups is 1. The first-order valence-corrected chi connectivity index (χ1v) is 9.56. The second-order valence-corrected chi connectivity index (χ2v) is 7.26. The molecule has 7 nitrogen and oxygen atoms in total. The fraction of sp³-hybridized carbons (Fsp3) is 0.105. The normalized spacial score (nSPS) is 10.5. The molecule has 0 fully saturated rings.